The van der Waals surface area contributed by atoms with E-state index >= 15 is 0 Å². The van der Waals surface area contributed by atoms with Crippen LogP contribution in [0.2, 0.25) is 0 Å². The monoisotopic (exact) mass is 390 g/mol. The van der Waals surface area contributed by atoms with E-state index in [0.29, 0.717) is 0 Å². The Bertz CT molecular complexity index is 1140. The number of methoxy groups -OCH3 is 1. The number of aromatic nitrogens is 3. The van der Waals surface area contributed by atoms with Gasteiger partial charge in [0.2, 0.25) is 0 Å². The number of aryl methyl sites for hydroxylation is 1. The highest BCUT2D eigenvalue weighted by atomic mass is 32.1. The second-order valence-corrected chi connectivity index (χ2v) is 8.09. The van der Waals surface area contributed by atoms with Gasteiger partial charge in [-0.05, 0) is 36.8 Å². The quantitative estimate of drug-likeness (QED) is 0.477. The Morgan fingerprint density at radius 1 is 1.11 bits per heavy atom. The molecule has 0 bridgehead atoms. The number of pyridine rings is 1. The van der Waals surface area contributed by atoms with Crippen LogP contribution in [0.15, 0.2) is 36.7 Å². The SMILES string of the molecule is COCCCNc1ncnc2c1sc1nc(-c3ccccc3)c3c(c12)CCC3. The summed E-state index contributed by atoms with van der Waals surface area (Å²) in [6, 6.07) is 10.5. The highest BCUT2D eigenvalue weighted by Gasteiger charge is 2.24. The Hall–Kier alpha value is -2.57. The van der Waals surface area contributed by atoms with E-state index in [1.165, 1.54) is 28.5 Å². The van der Waals surface area contributed by atoms with Gasteiger partial charge < -0.3 is 10.1 Å². The van der Waals surface area contributed by atoms with Gasteiger partial charge in [0, 0.05) is 31.2 Å². The average Bonchev–Trinajstić information content (AvgIpc) is 3.35. The Labute approximate surface area is 167 Å². The Morgan fingerprint density at radius 3 is 2.82 bits per heavy atom. The van der Waals surface area contributed by atoms with Crippen molar-refractivity contribution in [2.24, 2.45) is 0 Å². The van der Waals surface area contributed by atoms with Gasteiger partial charge in [-0.15, -0.1) is 11.3 Å². The zero-order valence-corrected chi connectivity index (χ0v) is 16.7. The molecule has 1 aliphatic carbocycles. The lowest BCUT2D eigenvalue weighted by Crippen LogP contribution is -2.06. The van der Waals surface area contributed by atoms with Gasteiger partial charge >= 0.3 is 0 Å². The van der Waals surface area contributed by atoms with Gasteiger partial charge in [0.15, 0.2) is 0 Å². The summed E-state index contributed by atoms with van der Waals surface area (Å²) in [5, 5.41) is 4.68. The van der Waals surface area contributed by atoms with Crippen molar-refractivity contribution < 1.29 is 4.74 Å². The minimum atomic E-state index is 0.739. The summed E-state index contributed by atoms with van der Waals surface area (Å²) in [5.74, 6) is 0.900. The van der Waals surface area contributed by atoms with Crippen LogP contribution >= 0.6 is 11.3 Å². The first-order valence-corrected chi connectivity index (χ1v) is 10.6. The zero-order valence-electron chi connectivity index (χ0n) is 15.9. The number of hydrogen-bond donors (Lipinski definition) is 1. The lowest BCUT2D eigenvalue weighted by atomic mass is 10.0. The highest BCUT2D eigenvalue weighted by Crippen LogP contribution is 2.43. The first kappa shape index (κ1) is 17.5. The van der Waals surface area contributed by atoms with E-state index < -0.39 is 0 Å². The maximum atomic E-state index is 5.14. The van der Waals surface area contributed by atoms with Crippen molar-refractivity contribution in [3.05, 3.63) is 47.8 Å². The predicted molar refractivity (Wildman–Crippen MR) is 115 cm³/mol. The molecule has 0 saturated carbocycles. The van der Waals surface area contributed by atoms with Gasteiger partial charge in [-0.1, -0.05) is 30.3 Å². The van der Waals surface area contributed by atoms with Crippen molar-refractivity contribution in [2.45, 2.75) is 25.7 Å². The molecule has 5 nitrogen and oxygen atoms in total. The van der Waals surface area contributed by atoms with Crippen LogP contribution in [-0.4, -0.2) is 35.2 Å². The molecule has 0 radical (unpaired) electrons. The van der Waals surface area contributed by atoms with Crippen molar-refractivity contribution in [3.63, 3.8) is 0 Å². The third kappa shape index (κ3) is 2.93. The Morgan fingerprint density at radius 2 is 1.96 bits per heavy atom. The van der Waals surface area contributed by atoms with Gasteiger partial charge in [-0.3, -0.25) is 0 Å². The molecule has 1 aliphatic rings. The van der Waals surface area contributed by atoms with E-state index in [1.54, 1.807) is 24.8 Å². The Balaban J connectivity index is 1.67. The highest BCUT2D eigenvalue weighted by molar-refractivity contribution is 7.26. The first-order chi connectivity index (χ1) is 13.9. The summed E-state index contributed by atoms with van der Waals surface area (Å²) in [6.07, 6.45) is 5.98. The Kier molecular flexibility index (Phi) is 4.66. The number of ether oxygens (including phenoxy) is 1. The fourth-order valence-corrected chi connectivity index (χ4v) is 5.21. The molecule has 0 aliphatic heterocycles. The lowest BCUT2D eigenvalue weighted by Gasteiger charge is -2.09. The second kappa shape index (κ2) is 7.45. The van der Waals surface area contributed by atoms with Crippen LogP contribution in [0.4, 0.5) is 5.82 Å². The molecule has 5 rings (SSSR count). The predicted octanol–water partition coefficient (Wildman–Crippen LogP) is 4.84. The number of rotatable bonds is 6. The molecular weight excluding hydrogens is 368 g/mol. The largest absolute Gasteiger partial charge is 0.385 e. The summed E-state index contributed by atoms with van der Waals surface area (Å²) < 4.78 is 6.24. The average molecular weight is 391 g/mol. The van der Waals surface area contributed by atoms with E-state index in [0.717, 1.165) is 59.0 Å². The van der Waals surface area contributed by atoms with Gasteiger partial charge in [0.05, 0.1) is 15.9 Å². The maximum Gasteiger partial charge on any atom is 0.147 e. The molecule has 142 valence electrons. The smallest absolute Gasteiger partial charge is 0.147 e. The lowest BCUT2D eigenvalue weighted by molar-refractivity contribution is 0.198. The van der Waals surface area contributed by atoms with Gasteiger partial charge in [-0.2, -0.15) is 0 Å². The number of hydrogen-bond acceptors (Lipinski definition) is 6. The molecular formula is C22H22N4OS. The van der Waals surface area contributed by atoms with E-state index in [-0.39, 0.29) is 0 Å². The van der Waals surface area contributed by atoms with Crippen LogP contribution in [-0.2, 0) is 17.6 Å². The topological polar surface area (TPSA) is 59.9 Å². The summed E-state index contributed by atoms with van der Waals surface area (Å²) in [5.41, 5.74) is 6.19. The molecule has 1 aromatic carbocycles. The number of fused-ring (bicyclic) bond motifs is 5. The number of thiophene rings is 1. The molecule has 3 heterocycles. The first-order valence-electron chi connectivity index (χ1n) is 9.74. The maximum absolute atomic E-state index is 5.14. The number of nitrogens with one attached hydrogen (secondary N) is 1. The van der Waals surface area contributed by atoms with E-state index in [1.807, 2.05) is 0 Å². The van der Waals surface area contributed by atoms with Crippen LogP contribution < -0.4 is 5.32 Å². The third-order valence-electron chi connectivity index (χ3n) is 5.34. The molecule has 3 aromatic heterocycles. The van der Waals surface area contributed by atoms with E-state index in [4.69, 9.17) is 9.72 Å². The van der Waals surface area contributed by atoms with Crippen LogP contribution in [0.3, 0.4) is 0 Å². The van der Waals surface area contributed by atoms with Crippen LogP contribution in [0.25, 0.3) is 31.7 Å². The van der Waals surface area contributed by atoms with Crippen molar-refractivity contribution in [1.82, 2.24) is 15.0 Å². The minimum Gasteiger partial charge on any atom is -0.385 e. The standard InChI is InChI=1S/C22H22N4OS/c1-27-12-6-11-23-21-20-19(24-13-25-21)17-15-9-5-10-16(15)18(26-22(17)28-20)14-7-3-2-4-8-14/h2-4,7-8,13H,5-6,9-12H2,1H3,(H,23,24,25). The summed E-state index contributed by atoms with van der Waals surface area (Å²) >= 11 is 1.70. The summed E-state index contributed by atoms with van der Waals surface area (Å²) in [7, 11) is 1.73. The van der Waals surface area contributed by atoms with Gasteiger partial charge in [0.25, 0.3) is 0 Å². The van der Waals surface area contributed by atoms with Crippen molar-refractivity contribution in [2.75, 3.05) is 25.6 Å². The normalized spacial score (nSPS) is 13.3. The number of nitrogens with zero attached hydrogens (tertiary/aromatic N) is 3. The minimum absolute atomic E-state index is 0.739. The summed E-state index contributed by atoms with van der Waals surface area (Å²) in [4.78, 5) is 15.3. The van der Waals surface area contributed by atoms with Crippen LogP contribution in [0.5, 0.6) is 0 Å². The molecule has 28 heavy (non-hydrogen) atoms. The van der Waals surface area contributed by atoms with Crippen molar-refractivity contribution in [1.29, 1.82) is 0 Å². The molecule has 0 fully saturated rings. The molecule has 1 N–H and O–H groups in total. The summed E-state index contributed by atoms with van der Waals surface area (Å²) in [6.45, 7) is 1.57. The van der Waals surface area contributed by atoms with Crippen molar-refractivity contribution in [3.8, 4) is 11.3 Å². The fraction of sp³-hybridized carbons (Fsp3) is 0.318. The number of anilines is 1. The molecule has 6 heteroatoms. The van der Waals surface area contributed by atoms with Crippen LogP contribution in [0.1, 0.15) is 24.0 Å². The molecule has 0 spiro atoms. The van der Waals surface area contributed by atoms with Gasteiger partial charge in [-0.25, -0.2) is 15.0 Å². The van der Waals surface area contributed by atoms with E-state index in [2.05, 4.69) is 45.6 Å². The molecule has 0 saturated heterocycles. The van der Waals surface area contributed by atoms with E-state index in [9.17, 15) is 0 Å². The molecule has 0 unspecified atom stereocenters. The fourth-order valence-electron chi connectivity index (χ4n) is 4.08. The van der Waals surface area contributed by atoms with Crippen LogP contribution in [0, 0.1) is 0 Å². The number of benzene rings is 1. The van der Waals surface area contributed by atoms with Gasteiger partial charge in [0.1, 0.15) is 17.0 Å². The van der Waals surface area contributed by atoms with Crippen molar-refractivity contribution >= 4 is 37.6 Å². The molecule has 0 amide bonds. The zero-order chi connectivity index (χ0) is 18.9. The molecule has 0 atom stereocenters. The second-order valence-electron chi connectivity index (χ2n) is 7.09. The molecule has 4 aromatic rings. The third-order valence-corrected chi connectivity index (χ3v) is 6.42.